The molecule has 3 aromatic rings. The molecule has 1 saturated heterocycles. The van der Waals surface area contributed by atoms with Crippen LogP contribution >= 0.6 is 0 Å². The van der Waals surface area contributed by atoms with Crippen LogP contribution in [0.5, 0.6) is 0 Å². The fourth-order valence-electron chi connectivity index (χ4n) is 3.53. The Morgan fingerprint density at radius 2 is 1.93 bits per heavy atom. The summed E-state index contributed by atoms with van der Waals surface area (Å²) in [5, 5.41) is 16.7. The van der Waals surface area contributed by atoms with E-state index in [1.165, 1.54) is 16.8 Å². The number of hydrogen-bond donors (Lipinski definition) is 2. The number of benzene rings is 1. The van der Waals surface area contributed by atoms with Crippen LogP contribution in [0.3, 0.4) is 0 Å². The van der Waals surface area contributed by atoms with E-state index in [4.69, 9.17) is 4.74 Å². The lowest BCUT2D eigenvalue weighted by molar-refractivity contribution is 0.0690. The lowest BCUT2D eigenvalue weighted by atomic mass is 10.0. The first-order valence-corrected chi connectivity index (χ1v) is 9.55. The molecule has 0 radical (unpaired) electrons. The van der Waals surface area contributed by atoms with Crippen LogP contribution in [0, 0.1) is 12.7 Å². The van der Waals surface area contributed by atoms with Crippen molar-refractivity contribution >= 4 is 23.0 Å². The number of halogens is 1. The Hall–Kier alpha value is -3.46. The number of hydrogen-bond acceptors (Lipinski definition) is 6. The number of nitrogens with one attached hydrogen (secondary N) is 1. The molecule has 1 fully saturated rings. The molecule has 2 aromatic heterocycles. The van der Waals surface area contributed by atoms with Gasteiger partial charge < -0.3 is 20.1 Å². The maximum absolute atomic E-state index is 14.2. The van der Waals surface area contributed by atoms with Gasteiger partial charge in [-0.1, -0.05) is 0 Å². The number of aromatic carboxylic acids is 1. The van der Waals surface area contributed by atoms with Crippen LogP contribution in [-0.4, -0.2) is 52.1 Å². The Balaban J connectivity index is 1.66. The third-order valence-electron chi connectivity index (χ3n) is 4.96. The number of aromatic nitrogens is 3. The molecule has 156 valence electrons. The standard InChI is InChI=1S/C21H22FN5O3/c1-13-18(19-12-26(2)25-20(19)21(28)29)10-16(11-23-13)24-15-7-14(22)8-17(9-15)27-3-5-30-6-4-27/h7-12,24H,3-6H2,1-2H3,(H,28,29). The summed E-state index contributed by atoms with van der Waals surface area (Å²) in [4.78, 5) is 18.0. The fourth-order valence-corrected chi connectivity index (χ4v) is 3.53. The molecule has 3 heterocycles. The van der Waals surface area contributed by atoms with Gasteiger partial charge in [0.15, 0.2) is 5.69 Å². The second kappa shape index (κ2) is 8.11. The zero-order valence-corrected chi connectivity index (χ0v) is 16.7. The van der Waals surface area contributed by atoms with Crippen LogP contribution in [0.1, 0.15) is 16.2 Å². The third kappa shape index (κ3) is 4.11. The van der Waals surface area contributed by atoms with Gasteiger partial charge in [-0.3, -0.25) is 9.67 Å². The van der Waals surface area contributed by atoms with Crippen molar-refractivity contribution in [3.8, 4) is 11.1 Å². The molecule has 2 N–H and O–H groups in total. The lowest BCUT2D eigenvalue weighted by Gasteiger charge is -2.29. The molecule has 30 heavy (non-hydrogen) atoms. The van der Waals surface area contributed by atoms with Crippen molar-refractivity contribution in [2.45, 2.75) is 6.92 Å². The maximum Gasteiger partial charge on any atom is 0.357 e. The van der Waals surface area contributed by atoms with Crippen LogP contribution in [0.25, 0.3) is 11.1 Å². The van der Waals surface area contributed by atoms with Gasteiger partial charge in [-0.15, -0.1) is 0 Å². The maximum atomic E-state index is 14.2. The van der Waals surface area contributed by atoms with Crippen molar-refractivity contribution in [2.24, 2.45) is 7.05 Å². The predicted octanol–water partition coefficient (Wildman–Crippen LogP) is 3.21. The van der Waals surface area contributed by atoms with Crippen LogP contribution in [0.4, 0.5) is 21.5 Å². The highest BCUT2D eigenvalue weighted by Gasteiger charge is 2.19. The molecule has 0 amide bonds. The number of aryl methyl sites for hydroxylation is 2. The van der Waals surface area contributed by atoms with Crippen LogP contribution in [0.15, 0.2) is 36.7 Å². The number of nitrogens with zero attached hydrogens (tertiary/aromatic N) is 4. The van der Waals surface area contributed by atoms with Gasteiger partial charge in [0.25, 0.3) is 0 Å². The van der Waals surface area contributed by atoms with E-state index in [2.05, 4.69) is 20.3 Å². The molecular formula is C21H22FN5O3. The van der Waals surface area contributed by atoms with Gasteiger partial charge in [0.05, 0.1) is 25.1 Å². The van der Waals surface area contributed by atoms with Crippen molar-refractivity contribution in [3.05, 3.63) is 53.9 Å². The highest BCUT2D eigenvalue weighted by molar-refractivity contribution is 5.94. The first-order valence-electron chi connectivity index (χ1n) is 9.55. The number of morpholine rings is 1. The third-order valence-corrected chi connectivity index (χ3v) is 4.96. The number of ether oxygens (including phenoxy) is 1. The summed E-state index contributed by atoms with van der Waals surface area (Å²) in [6.07, 6.45) is 3.28. The molecule has 1 aliphatic heterocycles. The highest BCUT2D eigenvalue weighted by Crippen LogP contribution is 2.30. The lowest BCUT2D eigenvalue weighted by Crippen LogP contribution is -2.36. The van der Waals surface area contributed by atoms with Crippen LogP contribution < -0.4 is 10.2 Å². The molecule has 4 rings (SSSR count). The van der Waals surface area contributed by atoms with E-state index in [1.54, 1.807) is 32.4 Å². The minimum atomic E-state index is -1.11. The molecule has 0 aliphatic carbocycles. The van der Waals surface area contributed by atoms with Crippen LogP contribution in [0.2, 0.25) is 0 Å². The van der Waals surface area contributed by atoms with E-state index in [1.807, 2.05) is 6.07 Å². The topological polar surface area (TPSA) is 92.5 Å². The number of rotatable bonds is 5. The van der Waals surface area contributed by atoms with Crippen molar-refractivity contribution in [1.29, 1.82) is 0 Å². The minimum Gasteiger partial charge on any atom is -0.476 e. The second-order valence-electron chi connectivity index (χ2n) is 7.15. The molecule has 1 aliphatic rings. The molecule has 1 aromatic carbocycles. The van der Waals surface area contributed by atoms with E-state index in [9.17, 15) is 14.3 Å². The fraction of sp³-hybridized carbons (Fsp3) is 0.286. The highest BCUT2D eigenvalue weighted by atomic mass is 19.1. The van der Waals surface area contributed by atoms with Gasteiger partial charge in [0, 0.05) is 54.5 Å². The van der Waals surface area contributed by atoms with E-state index >= 15 is 0 Å². The summed E-state index contributed by atoms with van der Waals surface area (Å²) in [5.74, 6) is -1.45. The Labute approximate surface area is 172 Å². The predicted molar refractivity (Wildman–Crippen MR) is 111 cm³/mol. The summed E-state index contributed by atoms with van der Waals surface area (Å²) < 4.78 is 21.1. The minimum absolute atomic E-state index is 0.0418. The quantitative estimate of drug-likeness (QED) is 0.666. The molecular weight excluding hydrogens is 389 g/mol. The molecule has 0 saturated carbocycles. The van der Waals surface area contributed by atoms with E-state index in [0.29, 0.717) is 54.5 Å². The summed E-state index contributed by atoms with van der Waals surface area (Å²) >= 11 is 0. The average molecular weight is 411 g/mol. The molecule has 0 spiro atoms. The molecule has 0 unspecified atom stereocenters. The largest absolute Gasteiger partial charge is 0.476 e. The Morgan fingerprint density at radius 3 is 2.67 bits per heavy atom. The van der Waals surface area contributed by atoms with Gasteiger partial charge >= 0.3 is 5.97 Å². The average Bonchev–Trinajstić information content (AvgIpc) is 3.11. The van der Waals surface area contributed by atoms with Gasteiger partial charge in [0.1, 0.15) is 5.82 Å². The number of carboxylic acid groups (broad SMARTS) is 1. The second-order valence-corrected chi connectivity index (χ2v) is 7.15. The molecule has 0 atom stereocenters. The number of anilines is 3. The van der Waals surface area contributed by atoms with Gasteiger partial charge in [-0.25, -0.2) is 9.18 Å². The number of carbonyl (C=O) groups is 1. The summed E-state index contributed by atoms with van der Waals surface area (Å²) in [5.41, 5.74) is 3.74. The summed E-state index contributed by atoms with van der Waals surface area (Å²) in [6, 6.07) is 6.59. The molecule has 9 heteroatoms. The zero-order valence-electron chi connectivity index (χ0n) is 16.7. The van der Waals surface area contributed by atoms with Crippen molar-refractivity contribution < 1.29 is 19.0 Å². The van der Waals surface area contributed by atoms with Crippen LogP contribution in [-0.2, 0) is 11.8 Å². The van der Waals surface area contributed by atoms with Gasteiger partial charge in [0.2, 0.25) is 0 Å². The summed E-state index contributed by atoms with van der Waals surface area (Å²) in [7, 11) is 1.67. The zero-order chi connectivity index (χ0) is 21.3. The summed E-state index contributed by atoms with van der Waals surface area (Å²) in [6.45, 7) is 4.44. The number of carboxylic acids is 1. The normalized spacial score (nSPS) is 14.0. The van der Waals surface area contributed by atoms with Crippen molar-refractivity contribution in [2.75, 3.05) is 36.5 Å². The first-order chi connectivity index (χ1) is 14.4. The number of pyridine rings is 1. The van der Waals surface area contributed by atoms with Gasteiger partial charge in [-0.05, 0) is 31.2 Å². The molecule has 0 bridgehead atoms. The SMILES string of the molecule is Cc1ncc(Nc2cc(F)cc(N3CCOCC3)c2)cc1-c1cn(C)nc1C(=O)O. The van der Waals surface area contributed by atoms with Crippen molar-refractivity contribution in [3.63, 3.8) is 0 Å². The van der Waals surface area contributed by atoms with E-state index in [0.717, 1.165) is 5.69 Å². The smallest absolute Gasteiger partial charge is 0.357 e. The first kappa shape index (κ1) is 19.8. The van der Waals surface area contributed by atoms with Crippen molar-refractivity contribution in [1.82, 2.24) is 14.8 Å². The monoisotopic (exact) mass is 411 g/mol. The van der Waals surface area contributed by atoms with Gasteiger partial charge in [-0.2, -0.15) is 5.10 Å². The van der Waals surface area contributed by atoms with E-state index < -0.39 is 5.97 Å². The molecule has 8 nitrogen and oxygen atoms in total. The Morgan fingerprint density at radius 1 is 1.17 bits per heavy atom. The Bertz CT molecular complexity index is 1090. The van der Waals surface area contributed by atoms with E-state index in [-0.39, 0.29) is 11.5 Å². The Kier molecular flexibility index (Phi) is 5.37.